The number of hydrogen-bond donors (Lipinski definition) is 0. The van der Waals surface area contributed by atoms with E-state index in [1.165, 1.54) is 38.9 Å². The summed E-state index contributed by atoms with van der Waals surface area (Å²) in [5.74, 6) is 0. The van der Waals surface area contributed by atoms with Crippen molar-refractivity contribution >= 4 is 0 Å². The average molecular weight is 875 g/mol. The Morgan fingerprint density at radius 3 is 1.44 bits per heavy atom. The van der Waals surface area contributed by atoms with E-state index in [0.717, 1.165) is 98.4 Å². The van der Waals surface area contributed by atoms with E-state index in [0.29, 0.717) is 5.56 Å². The smallest absolute Gasteiger partial charge is 0.0991 e. The number of aromatic nitrogens is 3. The van der Waals surface area contributed by atoms with Gasteiger partial charge in [0.1, 0.15) is 0 Å². The monoisotopic (exact) mass is 874 g/mol. The molecule has 10 rings (SSSR count). The van der Waals surface area contributed by atoms with Gasteiger partial charge in [-0.25, -0.2) is 0 Å². The Bertz CT molecular complexity index is 3260. The topological polar surface area (TPSA) is 62.5 Å². The predicted molar refractivity (Wildman–Crippen MR) is 280 cm³/mol. The van der Waals surface area contributed by atoms with E-state index in [-0.39, 0.29) is 0 Å². The summed E-state index contributed by atoms with van der Waals surface area (Å²) in [5.41, 5.74) is 23.4. The first kappa shape index (κ1) is 43.4. The maximum atomic E-state index is 9.71. The Morgan fingerprint density at radius 1 is 0.338 bits per heavy atom. The van der Waals surface area contributed by atoms with Gasteiger partial charge < -0.3 is 0 Å². The van der Waals surface area contributed by atoms with Crippen LogP contribution >= 0.6 is 0 Å². The second-order valence-electron chi connectivity index (χ2n) is 17.7. The zero-order valence-corrected chi connectivity index (χ0v) is 38.4. The summed E-state index contributed by atoms with van der Waals surface area (Å²) in [7, 11) is 0. The zero-order chi connectivity index (χ0) is 46.2. The molecule has 0 saturated heterocycles. The van der Waals surface area contributed by atoms with Crippen molar-refractivity contribution in [2.45, 2.75) is 39.5 Å². The molecule has 0 aliphatic rings. The first-order valence-electron chi connectivity index (χ1n) is 23.4. The first-order valence-corrected chi connectivity index (χ1v) is 23.4. The molecule has 0 fully saturated rings. The Kier molecular flexibility index (Phi) is 12.7. The van der Waals surface area contributed by atoms with E-state index in [9.17, 15) is 5.26 Å². The van der Waals surface area contributed by atoms with Crippen LogP contribution in [0.5, 0.6) is 0 Å². The van der Waals surface area contributed by atoms with Crippen LogP contribution in [0.1, 0.15) is 38.9 Å². The normalized spacial score (nSPS) is 11.0. The van der Waals surface area contributed by atoms with Crippen LogP contribution < -0.4 is 0 Å². The van der Waals surface area contributed by atoms with Crippen molar-refractivity contribution in [3.8, 4) is 84.3 Å². The van der Waals surface area contributed by atoms with Gasteiger partial charge in [-0.05, 0) is 166 Å². The molecule has 10 aromatic rings. The molecule has 0 amide bonds. The minimum Gasteiger partial charge on any atom is -0.256 e. The highest BCUT2D eigenvalue weighted by Crippen LogP contribution is 2.41. The van der Waals surface area contributed by atoms with Crippen LogP contribution in [0.15, 0.2) is 219 Å². The van der Waals surface area contributed by atoms with E-state index in [4.69, 9.17) is 4.98 Å². The molecule has 0 saturated carbocycles. The van der Waals surface area contributed by atoms with Crippen LogP contribution in [0.25, 0.3) is 78.3 Å². The summed E-state index contributed by atoms with van der Waals surface area (Å²) in [5, 5.41) is 9.71. The number of hydrogen-bond acceptors (Lipinski definition) is 4. The fourth-order valence-electron chi connectivity index (χ4n) is 9.18. The van der Waals surface area contributed by atoms with Gasteiger partial charge in [0.25, 0.3) is 0 Å². The van der Waals surface area contributed by atoms with Crippen molar-refractivity contribution in [3.05, 3.63) is 258 Å². The zero-order valence-electron chi connectivity index (χ0n) is 38.4. The number of pyridine rings is 3. The third-order valence-electron chi connectivity index (χ3n) is 12.8. The molecular weight excluding hydrogens is 825 g/mol. The highest BCUT2D eigenvalue weighted by atomic mass is 14.7. The van der Waals surface area contributed by atoms with Gasteiger partial charge in [0.15, 0.2) is 0 Å². The second kappa shape index (κ2) is 19.9. The van der Waals surface area contributed by atoms with Gasteiger partial charge in [0.2, 0.25) is 0 Å². The maximum absolute atomic E-state index is 9.71. The number of nitrogens with zero attached hydrogens (tertiary/aromatic N) is 4. The quantitative estimate of drug-likeness (QED) is 0.116. The highest BCUT2D eigenvalue weighted by molar-refractivity contribution is 5.94. The molecule has 0 bridgehead atoms. The molecule has 0 spiro atoms. The van der Waals surface area contributed by atoms with Gasteiger partial charge in [-0.15, -0.1) is 0 Å². The molecule has 0 aliphatic heterocycles. The molecule has 4 nitrogen and oxygen atoms in total. The molecule has 3 heterocycles. The Morgan fingerprint density at radius 2 is 0.868 bits per heavy atom. The molecule has 0 unspecified atom stereocenters. The third kappa shape index (κ3) is 9.99. The number of aryl methyl sites for hydroxylation is 6. The van der Waals surface area contributed by atoms with Gasteiger partial charge in [-0.3, -0.25) is 15.0 Å². The lowest BCUT2D eigenvalue weighted by Crippen LogP contribution is -1.98. The minimum absolute atomic E-state index is 0.666. The van der Waals surface area contributed by atoms with Crippen molar-refractivity contribution in [1.82, 2.24) is 15.0 Å². The summed E-state index contributed by atoms with van der Waals surface area (Å²) in [4.78, 5) is 13.9. The molecule has 0 N–H and O–H groups in total. The largest absolute Gasteiger partial charge is 0.256 e. The van der Waals surface area contributed by atoms with Crippen molar-refractivity contribution < 1.29 is 0 Å². The van der Waals surface area contributed by atoms with Crippen molar-refractivity contribution in [2.75, 3.05) is 0 Å². The lowest BCUT2D eigenvalue weighted by Gasteiger charge is -2.18. The Labute approximate surface area is 400 Å². The summed E-state index contributed by atoms with van der Waals surface area (Å²) < 4.78 is 0. The fourth-order valence-corrected chi connectivity index (χ4v) is 9.18. The number of rotatable bonds is 13. The highest BCUT2D eigenvalue weighted by Gasteiger charge is 2.17. The molecule has 0 atom stereocenters. The van der Waals surface area contributed by atoms with Crippen molar-refractivity contribution in [2.24, 2.45) is 0 Å². The number of benzene rings is 7. The van der Waals surface area contributed by atoms with E-state index in [1.807, 2.05) is 61.9 Å². The lowest BCUT2D eigenvalue weighted by atomic mass is 9.86. The van der Waals surface area contributed by atoms with Gasteiger partial charge >= 0.3 is 0 Å². The maximum Gasteiger partial charge on any atom is 0.0991 e. The van der Waals surface area contributed by atoms with E-state index >= 15 is 0 Å². The summed E-state index contributed by atoms with van der Waals surface area (Å²) in [6, 6.07) is 74.0. The number of nitriles is 1. The van der Waals surface area contributed by atoms with Gasteiger partial charge in [0, 0.05) is 35.3 Å². The summed E-state index contributed by atoms with van der Waals surface area (Å²) >= 11 is 0. The molecule has 326 valence electrons. The summed E-state index contributed by atoms with van der Waals surface area (Å²) in [6.45, 7) is 4.11. The van der Waals surface area contributed by atoms with E-state index < -0.39 is 0 Å². The summed E-state index contributed by atoms with van der Waals surface area (Å²) in [6.07, 6.45) is 9.31. The second-order valence-corrected chi connectivity index (χ2v) is 17.7. The molecule has 68 heavy (non-hydrogen) atoms. The predicted octanol–water partition coefficient (Wildman–Crippen LogP) is 15.6. The minimum atomic E-state index is 0.666. The van der Waals surface area contributed by atoms with Crippen LogP contribution in [0, 0.1) is 25.2 Å². The molecule has 4 heteroatoms. The van der Waals surface area contributed by atoms with Crippen LogP contribution in [-0.2, 0) is 25.7 Å². The first-order chi connectivity index (χ1) is 33.4. The van der Waals surface area contributed by atoms with Gasteiger partial charge in [-0.2, -0.15) is 5.26 Å². The molecule has 0 aliphatic carbocycles. The SMILES string of the molecule is Cc1ccc(-c2ccc(-c3ccccc3-c3cc(CCc4ccc(-c5ccccn5)cc4)cc(CCc4ccc(-c5ccccn5)cc4)c3)c(-c3ccc(-c4cc(C)cc(C#N)c4)cc3)c2)nc1. The molecule has 0 radical (unpaired) electrons. The molecule has 7 aromatic carbocycles. The standard InChI is InChI=1S/C64H50N4/c1-44-13-32-64(68-43-44)55-30-31-60(61(41-55)52-28-26-51(27-29-52)56-36-45(2)35-50(40-56)42-65)59-10-4-3-9-58(59)57-38-48(16-14-46-18-22-53(23-19-46)62-11-5-7-33-66-62)37-49(39-57)17-15-47-20-24-54(25-21-47)63-12-6-8-34-67-63/h3-13,18-41,43H,14-17H2,1-2H3. The molecule has 3 aromatic heterocycles. The molecular formula is C64H50N4. The van der Waals surface area contributed by atoms with Crippen molar-refractivity contribution in [3.63, 3.8) is 0 Å². The van der Waals surface area contributed by atoms with Crippen molar-refractivity contribution in [1.29, 1.82) is 5.26 Å². The van der Waals surface area contributed by atoms with Crippen LogP contribution in [0.2, 0.25) is 0 Å². The van der Waals surface area contributed by atoms with Crippen LogP contribution in [0.3, 0.4) is 0 Å². The van der Waals surface area contributed by atoms with Gasteiger partial charge in [0.05, 0.1) is 28.7 Å². The van der Waals surface area contributed by atoms with Crippen LogP contribution in [-0.4, -0.2) is 15.0 Å². The van der Waals surface area contributed by atoms with Crippen LogP contribution in [0.4, 0.5) is 0 Å². The fraction of sp³-hybridized carbons (Fsp3) is 0.0938. The average Bonchev–Trinajstić information content (AvgIpc) is 3.40. The Balaban J connectivity index is 1.02. The Hall–Kier alpha value is -8.52. The van der Waals surface area contributed by atoms with E-state index in [2.05, 4.69) is 187 Å². The van der Waals surface area contributed by atoms with Gasteiger partial charge in [-0.1, -0.05) is 152 Å². The lowest BCUT2D eigenvalue weighted by molar-refractivity contribution is 0.931. The third-order valence-corrected chi connectivity index (χ3v) is 12.8. The van der Waals surface area contributed by atoms with E-state index in [1.54, 1.807) is 0 Å².